The van der Waals surface area contributed by atoms with Gasteiger partial charge in [-0.2, -0.15) is 0 Å². The van der Waals surface area contributed by atoms with Gasteiger partial charge >= 0.3 is 0 Å². The predicted molar refractivity (Wildman–Crippen MR) is 78.6 cm³/mol. The molecule has 1 aliphatic carbocycles. The molecule has 1 heterocycles. The van der Waals surface area contributed by atoms with Gasteiger partial charge in [0.2, 0.25) is 0 Å². The molecule has 1 N–H and O–H groups in total. The first kappa shape index (κ1) is 14.3. The molecule has 3 nitrogen and oxygen atoms in total. The van der Waals surface area contributed by atoms with Crippen LogP contribution in [0.3, 0.4) is 0 Å². The van der Waals surface area contributed by atoms with Gasteiger partial charge in [0.05, 0.1) is 12.8 Å². The molecule has 0 aromatic carbocycles. The summed E-state index contributed by atoms with van der Waals surface area (Å²) in [6, 6.07) is 3.99. The van der Waals surface area contributed by atoms with E-state index < -0.39 is 0 Å². The molecule has 0 radical (unpaired) electrons. The standard InChI is InChI=1S/C16H26N2O/c1-3-10-17-12-13-7-4-5-8-14(13)16-15(19-2)9-6-11-18-16/h6,9,11,13-14,17H,3-5,7-8,10,12H2,1-2H3. The number of nitrogens with one attached hydrogen (secondary N) is 1. The van der Waals surface area contributed by atoms with E-state index in [2.05, 4.69) is 17.2 Å². The summed E-state index contributed by atoms with van der Waals surface area (Å²) in [7, 11) is 1.74. The van der Waals surface area contributed by atoms with Gasteiger partial charge in [-0.3, -0.25) is 4.98 Å². The molecule has 1 saturated carbocycles. The van der Waals surface area contributed by atoms with Crippen molar-refractivity contribution >= 4 is 0 Å². The second-order valence-corrected chi connectivity index (χ2v) is 5.45. The van der Waals surface area contributed by atoms with Crippen molar-refractivity contribution in [1.29, 1.82) is 0 Å². The van der Waals surface area contributed by atoms with Crippen LogP contribution in [0, 0.1) is 5.92 Å². The zero-order valence-corrected chi connectivity index (χ0v) is 12.2. The normalized spacial score (nSPS) is 23.3. The average Bonchev–Trinajstić information content (AvgIpc) is 2.48. The van der Waals surface area contributed by atoms with E-state index in [4.69, 9.17) is 4.74 Å². The van der Waals surface area contributed by atoms with Crippen LogP contribution < -0.4 is 10.1 Å². The molecule has 2 unspecified atom stereocenters. The Kier molecular flexibility index (Phi) is 5.64. The molecule has 1 aromatic rings. The van der Waals surface area contributed by atoms with Crippen LogP contribution in [0.4, 0.5) is 0 Å². The number of nitrogens with zero attached hydrogens (tertiary/aromatic N) is 1. The maximum Gasteiger partial charge on any atom is 0.140 e. The van der Waals surface area contributed by atoms with Crippen LogP contribution in [0.1, 0.15) is 50.6 Å². The van der Waals surface area contributed by atoms with E-state index >= 15 is 0 Å². The molecule has 1 aliphatic rings. The minimum Gasteiger partial charge on any atom is -0.495 e. The monoisotopic (exact) mass is 262 g/mol. The van der Waals surface area contributed by atoms with Crippen LogP contribution in [-0.2, 0) is 0 Å². The molecule has 2 rings (SSSR count). The third-order valence-electron chi connectivity index (χ3n) is 4.11. The van der Waals surface area contributed by atoms with Gasteiger partial charge in [0, 0.05) is 12.1 Å². The molecule has 0 saturated heterocycles. The predicted octanol–water partition coefficient (Wildman–Crippen LogP) is 3.36. The van der Waals surface area contributed by atoms with Crippen molar-refractivity contribution in [3.05, 3.63) is 24.0 Å². The molecular formula is C16H26N2O. The van der Waals surface area contributed by atoms with Crippen LogP contribution in [-0.4, -0.2) is 25.2 Å². The molecule has 1 aromatic heterocycles. The minimum absolute atomic E-state index is 0.550. The van der Waals surface area contributed by atoms with Crippen LogP contribution in [0.25, 0.3) is 0 Å². The summed E-state index contributed by atoms with van der Waals surface area (Å²) in [5.41, 5.74) is 1.16. The number of hydrogen-bond donors (Lipinski definition) is 1. The van der Waals surface area contributed by atoms with Crippen molar-refractivity contribution < 1.29 is 4.74 Å². The fourth-order valence-electron chi connectivity index (χ4n) is 3.13. The van der Waals surface area contributed by atoms with Crippen molar-refractivity contribution in [2.75, 3.05) is 20.2 Å². The molecule has 3 heteroatoms. The third kappa shape index (κ3) is 3.69. The van der Waals surface area contributed by atoms with Crippen LogP contribution in [0.5, 0.6) is 5.75 Å². The Balaban J connectivity index is 2.09. The summed E-state index contributed by atoms with van der Waals surface area (Å²) in [5, 5.41) is 3.57. The van der Waals surface area contributed by atoms with Gasteiger partial charge in [-0.05, 0) is 50.4 Å². The lowest BCUT2D eigenvalue weighted by molar-refractivity contribution is 0.283. The maximum atomic E-state index is 5.49. The van der Waals surface area contributed by atoms with Crippen molar-refractivity contribution in [1.82, 2.24) is 10.3 Å². The third-order valence-corrected chi connectivity index (χ3v) is 4.11. The van der Waals surface area contributed by atoms with Crippen molar-refractivity contribution in [2.45, 2.75) is 44.9 Å². The second kappa shape index (κ2) is 7.49. The molecule has 2 atom stereocenters. The number of pyridine rings is 1. The van der Waals surface area contributed by atoms with Crippen molar-refractivity contribution in [3.63, 3.8) is 0 Å². The van der Waals surface area contributed by atoms with E-state index in [0.717, 1.165) is 24.5 Å². The highest BCUT2D eigenvalue weighted by Gasteiger charge is 2.29. The minimum atomic E-state index is 0.550. The van der Waals surface area contributed by atoms with E-state index in [0.29, 0.717) is 11.8 Å². The van der Waals surface area contributed by atoms with Gasteiger partial charge in [0.15, 0.2) is 0 Å². The number of ether oxygens (including phenoxy) is 1. The molecule has 0 bridgehead atoms. The zero-order valence-electron chi connectivity index (χ0n) is 12.2. The molecular weight excluding hydrogens is 236 g/mol. The summed E-state index contributed by atoms with van der Waals surface area (Å²) >= 11 is 0. The highest BCUT2D eigenvalue weighted by Crippen LogP contribution is 2.39. The van der Waals surface area contributed by atoms with Gasteiger partial charge in [-0.1, -0.05) is 19.8 Å². The van der Waals surface area contributed by atoms with E-state index in [1.165, 1.54) is 32.1 Å². The lowest BCUT2D eigenvalue weighted by Crippen LogP contribution is -2.30. The summed E-state index contributed by atoms with van der Waals surface area (Å²) in [6.45, 7) is 4.44. The quantitative estimate of drug-likeness (QED) is 0.798. The van der Waals surface area contributed by atoms with E-state index in [-0.39, 0.29) is 0 Å². The molecule has 106 valence electrons. The van der Waals surface area contributed by atoms with Crippen LogP contribution in [0.15, 0.2) is 18.3 Å². The number of rotatable bonds is 6. The molecule has 0 amide bonds. The molecule has 1 fully saturated rings. The van der Waals surface area contributed by atoms with Crippen LogP contribution >= 0.6 is 0 Å². The second-order valence-electron chi connectivity index (χ2n) is 5.45. The lowest BCUT2D eigenvalue weighted by Gasteiger charge is -2.32. The van der Waals surface area contributed by atoms with Crippen molar-refractivity contribution in [3.8, 4) is 5.75 Å². The Morgan fingerprint density at radius 2 is 2.21 bits per heavy atom. The Labute approximate surface area is 116 Å². The van der Waals surface area contributed by atoms with E-state index in [1.54, 1.807) is 7.11 Å². The fourth-order valence-corrected chi connectivity index (χ4v) is 3.13. The molecule has 19 heavy (non-hydrogen) atoms. The maximum absolute atomic E-state index is 5.49. The van der Waals surface area contributed by atoms with E-state index in [1.807, 2.05) is 18.3 Å². The van der Waals surface area contributed by atoms with Gasteiger partial charge in [0.25, 0.3) is 0 Å². The number of methoxy groups -OCH3 is 1. The largest absolute Gasteiger partial charge is 0.495 e. The number of hydrogen-bond acceptors (Lipinski definition) is 3. The van der Waals surface area contributed by atoms with Gasteiger partial charge in [0.1, 0.15) is 5.75 Å². The topological polar surface area (TPSA) is 34.2 Å². The Bertz CT molecular complexity index is 381. The summed E-state index contributed by atoms with van der Waals surface area (Å²) in [6.07, 6.45) is 8.30. The first-order valence-electron chi connectivity index (χ1n) is 7.56. The SMILES string of the molecule is CCCNCC1CCCCC1c1ncccc1OC. The fraction of sp³-hybridized carbons (Fsp3) is 0.688. The number of aromatic nitrogens is 1. The van der Waals surface area contributed by atoms with Crippen LogP contribution in [0.2, 0.25) is 0 Å². The zero-order chi connectivity index (χ0) is 13.5. The highest BCUT2D eigenvalue weighted by molar-refractivity contribution is 5.30. The highest BCUT2D eigenvalue weighted by atomic mass is 16.5. The first-order valence-corrected chi connectivity index (χ1v) is 7.56. The smallest absolute Gasteiger partial charge is 0.140 e. The van der Waals surface area contributed by atoms with Gasteiger partial charge < -0.3 is 10.1 Å². The Morgan fingerprint density at radius 3 is 3.00 bits per heavy atom. The molecule has 0 aliphatic heterocycles. The molecule has 0 spiro atoms. The van der Waals surface area contributed by atoms with Gasteiger partial charge in [-0.15, -0.1) is 0 Å². The first-order chi connectivity index (χ1) is 9.36. The Morgan fingerprint density at radius 1 is 1.37 bits per heavy atom. The summed E-state index contributed by atoms with van der Waals surface area (Å²) in [5.74, 6) is 2.20. The lowest BCUT2D eigenvalue weighted by atomic mass is 9.77. The van der Waals surface area contributed by atoms with Crippen molar-refractivity contribution in [2.24, 2.45) is 5.92 Å². The Hall–Kier alpha value is -1.09. The van der Waals surface area contributed by atoms with E-state index in [9.17, 15) is 0 Å². The summed E-state index contributed by atoms with van der Waals surface area (Å²) < 4.78 is 5.49. The summed E-state index contributed by atoms with van der Waals surface area (Å²) in [4.78, 5) is 4.60. The van der Waals surface area contributed by atoms with Gasteiger partial charge in [-0.25, -0.2) is 0 Å². The average molecular weight is 262 g/mol.